The van der Waals surface area contributed by atoms with E-state index in [-0.39, 0.29) is 11.2 Å². The van der Waals surface area contributed by atoms with E-state index in [1.54, 1.807) is 42.7 Å². The highest BCUT2D eigenvalue weighted by Gasteiger charge is 2.31. The first-order chi connectivity index (χ1) is 18.1. The Morgan fingerprint density at radius 1 is 0.895 bits per heavy atom. The molecule has 3 aromatic heterocycles. The number of carbonyl (C=O) groups is 1. The molecule has 5 aromatic rings. The van der Waals surface area contributed by atoms with E-state index in [0.717, 1.165) is 12.1 Å². The summed E-state index contributed by atoms with van der Waals surface area (Å²) >= 11 is 6.46. The molecule has 2 aromatic carbocycles. The minimum atomic E-state index is -4.48. The molecule has 1 N–H and O–H groups in total. The predicted molar refractivity (Wildman–Crippen MR) is 139 cm³/mol. The second-order valence-electron chi connectivity index (χ2n) is 9.16. The fourth-order valence-corrected chi connectivity index (χ4v) is 4.45. The van der Waals surface area contributed by atoms with Gasteiger partial charge in [0.25, 0.3) is 5.91 Å². The molecule has 0 atom stereocenters. The number of pyridine rings is 1. The third-order valence-corrected chi connectivity index (χ3v) is 6.48. The number of carbonyl (C=O) groups excluding carboxylic acids is 1. The number of nitrogens with zero attached hydrogens (tertiary/aromatic N) is 4. The molecule has 0 saturated carbocycles. The molecule has 3 heterocycles. The summed E-state index contributed by atoms with van der Waals surface area (Å²) in [5, 5.41) is 7.82. The van der Waals surface area contributed by atoms with Crippen molar-refractivity contribution >= 4 is 23.2 Å². The van der Waals surface area contributed by atoms with E-state index < -0.39 is 23.2 Å². The third-order valence-electron chi connectivity index (χ3n) is 6.15. The summed E-state index contributed by atoms with van der Waals surface area (Å²) in [5.41, 5.74) is 1.61. The second kappa shape index (κ2) is 9.57. The van der Waals surface area contributed by atoms with Gasteiger partial charge in [-0.05, 0) is 44.2 Å². The Labute approximate surface area is 221 Å². The van der Waals surface area contributed by atoms with Gasteiger partial charge in [0, 0.05) is 34.1 Å². The zero-order valence-corrected chi connectivity index (χ0v) is 21.0. The standard InChI is InChI=1S/C28H21ClF3N5O/c1-27(2,23-9-5-6-14-33-23)36-26(38)21-16-35-37-24(17-10-12-18(13-11-17)28(30,31)32)20(15-34-25(21)37)19-7-3-4-8-22(19)29/h3-16H,1-2H3,(H,36,38). The molecule has 1 amide bonds. The van der Waals surface area contributed by atoms with Gasteiger partial charge in [0.1, 0.15) is 5.56 Å². The molecular weight excluding hydrogens is 515 g/mol. The Hall–Kier alpha value is -4.24. The molecule has 10 heteroatoms. The normalized spacial score (nSPS) is 12.1. The summed E-state index contributed by atoms with van der Waals surface area (Å²) in [7, 11) is 0. The van der Waals surface area contributed by atoms with Crippen molar-refractivity contribution in [2.75, 3.05) is 0 Å². The van der Waals surface area contributed by atoms with E-state index in [0.29, 0.717) is 33.1 Å². The van der Waals surface area contributed by atoms with Crippen molar-refractivity contribution in [1.82, 2.24) is 24.9 Å². The van der Waals surface area contributed by atoms with Crippen LogP contribution in [0, 0.1) is 0 Å². The highest BCUT2D eigenvalue weighted by molar-refractivity contribution is 6.33. The van der Waals surface area contributed by atoms with E-state index in [1.165, 1.54) is 22.8 Å². The number of hydrogen-bond donors (Lipinski definition) is 1. The topological polar surface area (TPSA) is 72.2 Å². The molecule has 0 radical (unpaired) electrons. The van der Waals surface area contributed by atoms with Crippen LogP contribution in [0.4, 0.5) is 13.2 Å². The van der Waals surface area contributed by atoms with E-state index in [1.807, 2.05) is 26.0 Å². The molecule has 0 fully saturated rings. The van der Waals surface area contributed by atoms with E-state index >= 15 is 0 Å². The van der Waals surface area contributed by atoms with Crippen LogP contribution in [0.5, 0.6) is 0 Å². The zero-order valence-electron chi connectivity index (χ0n) is 20.3. The first-order valence-corrected chi connectivity index (χ1v) is 12.0. The number of halogens is 4. The Morgan fingerprint density at radius 3 is 2.26 bits per heavy atom. The van der Waals surface area contributed by atoms with Crippen LogP contribution in [-0.4, -0.2) is 25.5 Å². The molecule has 0 saturated heterocycles. The van der Waals surface area contributed by atoms with Crippen LogP contribution in [0.3, 0.4) is 0 Å². The Balaban J connectivity index is 1.64. The highest BCUT2D eigenvalue weighted by Crippen LogP contribution is 2.37. The summed E-state index contributed by atoms with van der Waals surface area (Å²) in [6.07, 6.45) is 0.101. The van der Waals surface area contributed by atoms with E-state index in [9.17, 15) is 18.0 Å². The van der Waals surface area contributed by atoms with Crippen LogP contribution in [0.1, 0.15) is 35.5 Å². The molecule has 5 rings (SSSR count). The van der Waals surface area contributed by atoms with Gasteiger partial charge in [-0.25, -0.2) is 9.50 Å². The third kappa shape index (κ3) is 4.72. The minimum absolute atomic E-state index is 0.202. The Bertz CT molecular complexity index is 1630. The van der Waals surface area contributed by atoms with Crippen LogP contribution in [0.25, 0.3) is 28.0 Å². The molecular formula is C28H21ClF3N5O. The molecule has 0 bridgehead atoms. The summed E-state index contributed by atoms with van der Waals surface area (Å²) in [5.74, 6) is -0.424. The monoisotopic (exact) mass is 535 g/mol. The Morgan fingerprint density at radius 2 is 1.61 bits per heavy atom. The van der Waals surface area contributed by atoms with Crippen LogP contribution < -0.4 is 5.32 Å². The summed E-state index contributed by atoms with van der Waals surface area (Å²) in [6, 6.07) is 17.2. The molecule has 6 nitrogen and oxygen atoms in total. The maximum atomic E-state index is 13.3. The Kier molecular flexibility index (Phi) is 6.40. The second-order valence-corrected chi connectivity index (χ2v) is 9.57. The maximum Gasteiger partial charge on any atom is 0.416 e. The lowest BCUT2D eigenvalue weighted by Gasteiger charge is -2.25. The summed E-state index contributed by atoms with van der Waals surface area (Å²) < 4.78 is 41.1. The SMILES string of the molecule is CC(C)(NC(=O)c1cnn2c(-c3ccc(C(F)(F)F)cc3)c(-c3ccccc3Cl)cnc12)c1ccccn1. The van der Waals surface area contributed by atoms with Crippen molar-refractivity contribution in [3.63, 3.8) is 0 Å². The van der Waals surface area contributed by atoms with Crippen LogP contribution >= 0.6 is 11.6 Å². The molecule has 0 spiro atoms. The number of nitrogens with one attached hydrogen (secondary N) is 1. The van der Waals surface area contributed by atoms with Crippen molar-refractivity contribution in [3.05, 3.63) is 107 Å². The van der Waals surface area contributed by atoms with Gasteiger partial charge in [0.15, 0.2) is 5.65 Å². The quantitative estimate of drug-likeness (QED) is 0.269. The molecule has 0 aliphatic heterocycles. The maximum absolute atomic E-state index is 13.3. The first-order valence-electron chi connectivity index (χ1n) is 11.6. The van der Waals surface area contributed by atoms with Crippen molar-refractivity contribution in [1.29, 1.82) is 0 Å². The highest BCUT2D eigenvalue weighted by atomic mass is 35.5. The van der Waals surface area contributed by atoms with Gasteiger partial charge in [-0.3, -0.25) is 9.78 Å². The van der Waals surface area contributed by atoms with Crippen molar-refractivity contribution < 1.29 is 18.0 Å². The van der Waals surface area contributed by atoms with E-state index in [4.69, 9.17) is 11.6 Å². The van der Waals surface area contributed by atoms with Gasteiger partial charge in [0.2, 0.25) is 0 Å². The molecule has 38 heavy (non-hydrogen) atoms. The van der Waals surface area contributed by atoms with Gasteiger partial charge in [-0.15, -0.1) is 0 Å². The van der Waals surface area contributed by atoms with E-state index in [2.05, 4.69) is 20.4 Å². The fraction of sp³-hybridized carbons (Fsp3) is 0.143. The van der Waals surface area contributed by atoms with Crippen LogP contribution in [0.15, 0.2) is 85.3 Å². The molecule has 0 unspecified atom stereocenters. The van der Waals surface area contributed by atoms with Crippen LogP contribution in [0.2, 0.25) is 5.02 Å². The lowest BCUT2D eigenvalue weighted by Crippen LogP contribution is -2.41. The number of rotatable bonds is 5. The number of alkyl halides is 3. The van der Waals surface area contributed by atoms with Crippen molar-refractivity contribution in [2.24, 2.45) is 0 Å². The number of amides is 1. The van der Waals surface area contributed by atoms with Crippen LogP contribution in [-0.2, 0) is 11.7 Å². The predicted octanol–water partition coefficient (Wildman–Crippen LogP) is 6.80. The van der Waals surface area contributed by atoms with Crippen molar-refractivity contribution in [3.8, 4) is 22.4 Å². The largest absolute Gasteiger partial charge is 0.416 e. The number of benzene rings is 2. The number of aromatic nitrogens is 4. The zero-order chi connectivity index (χ0) is 27.1. The molecule has 0 aliphatic rings. The lowest BCUT2D eigenvalue weighted by molar-refractivity contribution is -0.137. The average Bonchev–Trinajstić information content (AvgIpc) is 3.33. The molecule has 192 valence electrons. The number of fused-ring (bicyclic) bond motifs is 1. The minimum Gasteiger partial charge on any atom is -0.341 e. The summed E-state index contributed by atoms with van der Waals surface area (Å²) in [4.78, 5) is 22.2. The van der Waals surface area contributed by atoms with Gasteiger partial charge < -0.3 is 5.32 Å². The van der Waals surface area contributed by atoms with Crippen molar-refractivity contribution in [2.45, 2.75) is 25.6 Å². The molecule has 0 aliphatic carbocycles. The first kappa shape index (κ1) is 25.4. The van der Waals surface area contributed by atoms with Gasteiger partial charge in [-0.1, -0.05) is 48.0 Å². The fourth-order valence-electron chi connectivity index (χ4n) is 4.21. The lowest BCUT2D eigenvalue weighted by atomic mass is 9.99. The van der Waals surface area contributed by atoms with Gasteiger partial charge >= 0.3 is 6.18 Å². The number of hydrogen-bond acceptors (Lipinski definition) is 4. The van der Waals surface area contributed by atoms with Gasteiger partial charge in [-0.2, -0.15) is 18.3 Å². The van der Waals surface area contributed by atoms with Gasteiger partial charge in [0.05, 0.1) is 28.7 Å². The summed E-state index contributed by atoms with van der Waals surface area (Å²) in [6.45, 7) is 3.66. The average molecular weight is 536 g/mol. The smallest absolute Gasteiger partial charge is 0.341 e.